The van der Waals surface area contributed by atoms with Gasteiger partial charge in [-0.25, -0.2) is 0 Å². The fourth-order valence-electron chi connectivity index (χ4n) is 1.52. The van der Waals surface area contributed by atoms with Gasteiger partial charge in [0, 0.05) is 29.5 Å². The predicted molar refractivity (Wildman–Crippen MR) is 70.9 cm³/mol. The summed E-state index contributed by atoms with van der Waals surface area (Å²) in [6, 6.07) is 5.17. The van der Waals surface area contributed by atoms with Crippen molar-refractivity contribution in [3.8, 4) is 0 Å². The van der Waals surface area contributed by atoms with E-state index >= 15 is 0 Å². The molecule has 0 unspecified atom stereocenters. The van der Waals surface area contributed by atoms with Crippen LogP contribution in [-0.2, 0) is 0 Å². The van der Waals surface area contributed by atoms with Crippen LogP contribution in [0.2, 0.25) is 5.02 Å². The molecule has 0 spiro atoms. The Hall–Kier alpha value is -1.94. The standard InChI is InChI=1S/C13H12ClN3O/c1-8-5-10(3-4-15-8)17-13(18)11-7-16-9(2)6-12(11)14/h3-7H,1-2H3,(H,15,17,18). The zero-order valence-electron chi connectivity index (χ0n) is 10.1. The summed E-state index contributed by atoms with van der Waals surface area (Å²) in [6.45, 7) is 3.68. The lowest BCUT2D eigenvalue weighted by Crippen LogP contribution is -2.13. The van der Waals surface area contributed by atoms with Gasteiger partial charge < -0.3 is 5.32 Å². The second-order valence-corrected chi connectivity index (χ2v) is 4.35. The van der Waals surface area contributed by atoms with Crippen molar-refractivity contribution in [2.75, 3.05) is 5.32 Å². The van der Waals surface area contributed by atoms with Crippen molar-refractivity contribution in [2.45, 2.75) is 13.8 Å². The average Bonchev–Trinajstić information content (AvgIpc) is 2.28. The SMILES string of the molecule is Cc1cc(NC(=O)c2cnc(C)cc2Cl)ccn1. The predicted octanol–water partition coefficient (Wildman–Crippen LogP) is 3.00. The molecule has 0 bridgehead atoms. The maximum absolute atomic E-state index is 12.0. The molecule has 0 fully saturated rings. The van der Waals surface area contributed by atoms with Gasteiger partial charge in [0.15, 0.2) is 0 Å². The molecule has 1 N–H and O–H groups in total. The number of hydrogen-bond acceptors (Lipinski definition) is 3. The van der Waals surface area contributed by atoms with Gasteiger partial charge in [0.25, 0.3) is 5.91 Å². The molecular weight excluding hydrogens is 250 g/mol. The lowest BCUT2D eigenvalue weighted by Gasteiger charge is -2.07. The highest BCUT2D eigenvalue weighted by Crippen LogP contribution is 2.17. The van der Waals surface area contributed by atoms with Crippen molar-refractivity contribution < 1.29 is 4.79 Å². The third-order valence-electron chi connectivity index (χ3n) is 2.39. The van der Waals surface area contributed by atoms with Crippen LogP contribution in [-0.4, -0.2) is 15.9 Å². The van der Waals surface area contributed by atoms with Crippen molar-refractivity contribution in [1.29, 1.82) is 0 Å². The van der Waals surface area contributed by atoms with Crippen molar-refractivity contribution >= 4 is 23.2 Å². The fraction of sp³-hybridized carbons (Fsp3) is 0.154. The van der Waals surface area contributed by atoms with Crippen LogP contribution >= 0.6 is 11.6 Å². The lowest BCUT2D eigenvalue weighted by atomic mass is 10.2. The van der Waals surface area contributed by atoms with E-state index in [0.29, 0.717) is 16.3 Å². The summed E-state index contributed by atoms with van der Waals surface area (Å²) in [5.41, 5.74) is 2.65. The first-order chi connectivity index (χ1) is 8.56. The van der Waals surface area contributed by atoms with Gasteiger partial charge in [-0.3, -0.25) is 14.8 Å². The number of rotatable bonds is 2. The number of amides is 1. The first kappa shape index (κ1) is 12.5. The van der Waals surface area contributed by atoms with Crippen LogP contribution in [0.1, 0.15) is 21.7 Å². The summed E-state index contributed by atoms with van der Waals surface area (Å²) in [5.74, 6) is -0.280. The Morgan fingerprint density at radius 1 is 1.22 bits per heavy atom. The van der Waals surface area contributed by atoms with Gasteiger partial charge in [-0.2, -0.15) is 0 Å². The van der Waals surface area contributed by atoms with Crippen LogP contribution in [0.4, 0.5) is 5.69 Å². The number of nitrogens with zero attached hydrogens (tertiary/aromatic N) is 2. The van der Waals surface area contributed by atoms with Gasteiger partial charge in [0.1, 0.15) is 0 Å². The highest BCUT2D eigenvalue weighted by Gasteiger charge is 2.11. The van der Waals surface area contributed by atoms with E-state index < -0.39 is 0 Å². The first-order valence-electron chi connectivity index (χ1n) is 5.42. The minimum Gasteiger partial charge on any atom is -0.322 e. The average molecular weight is 262 g/mol. The summed E-state index contributed by atoms with van der Waals surface area (Å²) >= 11 is 6.01. The van der Waals surface area contributed by atoms with E-state index in [1.165, 1.54) is 6.20 Å². The summed E-state index contributed by atoms with van der Waals surface area (Å²) in [7, 11) is 0. The highest BCUT2D eigenvalue weighted by molar-refractivity contribution is 6.34. The Morgan fingerprint density at radius 2 is 1.94 bits per heavy atom. The molecular formula is C13H12ClN3O. The number of anilines is 1. The van der Waals surface area contributed by atoms with Crippen molar-refractivity contribution in [1.82, 2.24) is 9.97 Å². The minimum atomic E-state index is -0.280. The summed E-state index contributed by atoms with van der Waals surface area (Å²) < 4.78 is 0. The van der Waals surface area contributed by atoms with Crippen molar-refractivity contribution in [3.05, 3.63) is 52.6 Å². The van der Waals surface area contributed by atoms with E-state index in [1.807, 2.05) is 13.8 Å². The van der Waals surface area contributed by atoms with Crippen LogP contribution in [0.3, 0.4) is 0 Å². The molecule has 2 heterocycles. The van der Waals surface area contributed by atoms with Crippen LogP contribution in [0.25, 0.3) is 0 Å². The topological polar surface area (TPSA) is 54.9 Å². The number of carbonyl (C=O) groups excluding carboxylic acids is 1. The molecule has 1 amide bonds. The number of hydrogen-bond donors (Lipinski definition) is 1. The van der Waals surface area contributed by atoms with Crippen LogP contribution in [0, 0.1) is 13.8 Å². The van der Waals surface area contributed by atoms with Gasteiger partial charge in [-0.05, 0) is 32.0 Å². The molecule has 0 aromatic carbocycles. The Balaban J connectivity index is 2.22. The molecule has 0 saturated heterocycles. The van der Waals surface area contributed by atoms with Gasteiger partial charge in [-0.1, -0.05) is 11.6 Å². The van der Waals surface area contributed by atoms with E-state index in [2.05, 4.69) is 15.3 Å². The number of nitrogens with one attached hydrogen (secondary N) is 1. The second-order valence-electron chi connectivity index (χ2n) is 3.95. The molecule has 0 aliphatic heterocycles. The lowest BCUT2D eigenvalue weighted by molar-refractivity contribution is 0.102. The maximum Gasteiger partial charge on any atom is 0.258 e. The molecule has 2 aromatic rings. The maximum atomic E-state index is 12.0. The number of carbonyl (C=O) groups is 1. The molecule has 2 aromatic heterocycles. The minimum absolute atomic E-state index is 0.280. The smallest absolute Gasteiger partial charge is 0.258 e. The van der Waals surface area contributed by atoms with Crippen LogP contribution < -0.4 is 5.32 Å². The molecule has 0 radical (unpaired) electrons. The van der Waals surface area contributed by atoms with Crippen LogP contribution in [0.5, 0.6) is 0 Å². The molecule has 0 atom stereocenters. The number of aromatic nitrogens is 2. The molecule has 0 aliphatic carbocycles. The fourth-order valence-corrected chi connectivity index (χ4v) is 1.81. The Morgan fingerprint density at radius 3 is 2.61 bits per heavy atom. The van der Waals surface area contributed by atoms with E-state index in [1.54, 1.807) is 24.4 Å². The zero-order valence-corrected chi connectivity index (χ0v) is 10.8. The normalized spacial score (nSPS) is 10.2. The Bertz CT molecular complexity index is 599. The summed E-state index contributed by atoms with van der Waals surface area (Å²) in [5, 5.41) is 3.15. The van der Waals surface area contributed by atoms with Crippen molar-refractivity contribution in [3.63, 3.8) is 0 Å². The summed E-state index contributed by atoms with van der Waals surface area (Å²) in [6.07, 6.45) is 3.11. The monoisotopic (exact) mass is 261 g/mol. The number of aryl methyl sites for hydroxylation is 2. The number of halogens is 1. The third-order valence-corrected chi connectivity index (χ3v) is 2.70. The van der Waals surface area contributed by atoms with E-state index in [-0.39, 0.29) is 5.91 Å². The van der Waals surface area contributed by atoms with Crippen molar-refractivity contribution in [2.24, 2.45) is 0 Å². The quantitative estimate of drug-likeness (QED) is 0.904. The Kier molecular flexibility index (Phi) is 3.58. The zero-order chi connectivity index (χ0) is 13.1. The molecule has 0 saturated carbocycles. The molecule has 2 rings (SSSR count). The first-order valence-corrected chi connectivity index (χ1v) is 5.80. The molecule has 92 valence electrons. The molecule has 18 heavy (non-hydrogen) atoms. The molecule has 5 heteroatoms. The summed E-state index contributed by atoms with van der Waals surface area (Å²) in [4.78, 5) is 20.1. The highest BCUT2D eigenvalue weighted by atomic mass is 35.5. The largest absolute Gasteiger partial charge is 0.322 e. The van der Waals surface area contributed by atoms with Gasteiger partial charge in [0.05, 0.1) is 10.6 Å². The van der Waals surface area contributed by atoms with E-state index in [9.17, 15) is 4.79 Å². The second kappa shape index (κ2) is 5.14. The van der Waals surface area contributed by atoms with E-state index in [4.69, 9.17) is 11.6 Å². The molecule has 0 aliphatic rings. The number of pyridine rings is 2. The van der Waals surface area contributed by atoms with Gasteiger partial charge >= 0.3 is 0 Å². The van der Waals surface area contributed by atoms with Gasteiger partial charge in [-0.15, -0.1) is 0 Å². The van der Waals surface area contributed by atoms with Gasteiger partial charge in [0.2, 0.25) is 0 Å². The Labute approximate surface area is 110 Å². The third kappa shape index (κ3) is 2.84. The molecule has 4 nitrogen and oxygen atoms in total. The van der Waals surface area contributed by atoms with E-state index in [0.717, 1.165) is 11.4 Å². The van der Waals surface area contributed by atoms with Crippen LogP contribution in [0.15, 0.2) is 30.6 Å².